The fraction of sp³-hybridized carbons (Fsp3) is 0.231. The normalized spacial score (nSPS) is 10.9. The summed E-state index contributed by atoms with van der Waals surface area (Å²) in [6.07, 6.45) is 1.57. The molecule has 0 fully saturated rings. The molecule has 0 unspecified atom stereocenters. The van der Waals surface area contributed by atoms with Gasteiger partial charge in [-0.05, 0) is 42.0 Å². The molecule has 0 aliphatic carbocycles. The van der Waals surface area contributed by atoms with E-state index < -0.39 is 0 Å². The second-order valence-corrected chi connectivity index (χ2v) is 4.99. The number of aromatic nitrogens is 6. The lowest BCUT2D eigenvalue weighted by Gasteiger charge is -2.05. The van der Waals surface area contributed by atoms with Crippen LogP contribution in [0.4, 0.5) is 0 Å². The second-order valence-electron chi connectivity index (χ2n) is 4.56. The van der Waals surface area contributed by atoms with E-state index >= 15 is 0 Å². The largest absolute Gasteiger partial charge is 0.263 e. The van der Waals surface area contributed by atoms with Crippen molar-refractivity contribution in [2.24, 2.45) is 0 Å². The highest BCUT2D eigenvalue weighted by Crippen LogP contribution is 2.18. The van der Waals surface area contributed by atoms with Crippen LogP contribution < -0.4 is 0 Å². The Labute approximate surface area is 121 Å². The molecular formula is C13H13ClN6. The monoisotopic (exact) mass is 288 g/mol. The first-order valence-corrected chi connectivity index (χ1v) is 6.55. The lowest BCUT2D eigenvalue weighted by Crippen LogP contribution is -2.05. The van der Waals surface area contributed by atoms with Crippen molar-refractivity contribution in [2.75, 3.05) is 0 Å². The minimum absolute atomic E-state index is 0.686. The fourth-order valence-electron chi connectivity index (χ4n) is 2.20. The summed E-state index contributed by atoms with van der Waals surface area (Å²) in [4.78, 5) is 0. The summed E-state index contributed by atoms with van der Waals surface area (Å²) < 4.78 is 3.58. The van der Waals surface area contributed by atoms with Gasteiger partial charge in [0.2, 0.25) is 0 Å². The third-order valence-corrected chi connectivity index (χ3v) is 3.42. The van der Waals surface area contributed by atoms with E-state index in [4.69, 9.17) is 11.6 Å². The minimum atomic E-state index is 0.686. The van der Waals surface area contributed by atoms with Crippen LogP contribution in [0, 0.1) is 13.8 Å². The van der Waals surface area contributed by atoms with E-state index in [1.54, 1.807) is 11.0 Å². The van der Waals surface area contributed by atoms with Crippen LogP contribution >= 0.6 is 11.6 Å². The quantitative estimate of drug-likeness (QED) is 0.741. The fourth-order valence-corrected chi connectivity index (χ4v) is 2.33. The van der Waals surface area contributed by atoms with Crippen molar-refractivity contribution in [3.63, 3.8) is 0 Å². The van der Waals surface area contributed by atoms with Crippen molar-refractivity contribution in [3.8, 4) is 5.69 Å². The highest BCUT2D eigenvalue weighted by molar-refractivity contribution is 6.30. The number of hydrogen-bond acceptors (Lipinski definition) is 4. The number of nitrogens with zero attached hydrogens (tertiary/aromatic N) is 6. The average molecular weight is 289 g/mol. The summed E-state index contributed by atoms with van der Waals surface area (Å²) in [6.45, 7) is 4.64. The molecular weight excluding hydrogens is 276 g/mol. The minimum Gasteiger partial charge on any atom is -0.263 e. The first-order valence-electron chi connectivity index (χ1n) is 6.17. The maximum Gasteiger partial charge on any atom is 0.144 e. The number of aryl methyl sites for hydroxylation is 1. The summed E-state index contributed by atoms with van der Waals surface area (Å²) in [6, 6.07) is 7.75. The Morgan fingerprint density at radius 2 is 1.90 bits per heavy atom. The van der Waals surface area contributed by atoms with Crippen molar-refractivity contribution >= 4 is 11.6 Å². The van der Waals surface area contributed by atoms with Crippen molar-refractivity contribution in [3.05, 3.63) is 52.6 Å². The Morgan fingerprint density at radius 3 is 2.55 bits per heavy atom. The molecule has 0 amide bonds. The molecule has 0 aliphatic heterocycles. The molecule has 2 aromatic heterocycles. The molecule has 7 heteroatoms. The van der Waals surface area contributed by atoms with Gasteiger partial charge in [0.05, 0.1) is 17.9 Å². The van der Waals surface area contributed by atoms with Gasteiger partial charge in [-0.2, -0.15) is 9.78 Å². The Bertz CT molecular complexity index is 714. The SMILES string of the molecule is Cc1nn(Cc2ccc(Cl)cc2)c(C)c1-n1cnnn1. The number of benzene rings is 1. The van der Waals surface area contributed by atoms with Crippen LogP contribution in [0.15, 0.2) is 30.6 Å². The molecule has 0 aliphatic rings. The molecule has 0 atom stereocenters. The van der Waals surface area contributed by atoms with Crippen LogP contribution in [-0.2, 0) is 6.54 Å². The molecule has 3 aromatic rings. The average Bonchev–Trinajstić information content (AvgIpc) is 3.02. The first-order chi connectivity index (χ1) is 9.65. The number of halogens is 1. The maximum atomic E-state index is 5.89. The molecule has 0 saturated carbocycles. The Kier molecular flexibility index (Phi) is 3.23. The zero-order valence-electron chi connectivity index (χ0n) is 11.2. The van der Waals surface area contributed by atoms with Gasteiger partial charge >= 0.3 is 0 Å². The van der Waals surface area contributed by atoms with Gasteiger partial charge in [-0.3, -0.25) is 4.68 Å². The van der Waals surface area contributed by atoms with Gasteiger partial charge in [-0.1, -0.05) is 23.7 Å². The number of tetrazole rings is 1. The van der Waals surface area contributed by atoms with E-state index in [0.717, 1.165) is 27.7 Å². The summed E-state index contributed by atoms with van der Waals surface area (Å²) >= 11 is 5.89. The van der Waals surface area contributed by atoms with E-state index in [9.17, 15) is 0 Å². The molecule has 0 bridgehead atoms. The highest BCUT2D eigenvalue weighted by Gasteiger charge is 2.14. The summed E-state index contributed by atoms with van der Waals surface area (Å²) in [7, 11) is 0. The molecule has 102 valence electrons. The predicted molar refractivity (Wildman–Crippen MR) is 75.0 cm³/mol. The lowest BCUT2D eigenvalue weighted by atomic mass is 10.2. The third kappa shape index (κ3) is 2.30. The van der Waals surface area contributed by atoms with Gasteiger partial charge < -0.3 is 0 Å². The lowest BCUT2D eigenvalue weighted by molar-refractivity contribution is 0.657. The van der Waals surface area contributed by atoms with Gasteiger partial charge in [-0.25, -0.2) is 0 Å². The first kappa shape index (κ1) is 12.8. The van der Waals surface area contributed by atoms with E-state index in [1.807, 2.05) is 42.8 Å². The maximum absolute atomic E-state index is 5.89. The molecule has 6 nitrogen and oxygen atoms in total. The summed E-state index contributed by atoms with van der Waals surface area (Å²) in [5.41, 5.74) is 3.97. The number of hydrogen-bond donors (Lipinski definition) is 0. The van der Waals surface area contributed by atoms with E-state index in [1.165, 1.54) is 0 Å². The van der Waals surface area contributed by atoms with E-state index in [0.29, 0.717) is 6.54 Å². The molecule has 20 heavy (non-hydrogen) atoms. The van der Waals surface area contributed by atoms with Crippen LogP contribution in [0.1, 0.15) is 17.0 Å². The zero-order chi connectivity index (χ0) is 14.1. The molecule has 0 N–H and O–H groups in total. The predicted octanol–water partition coefficient (Wildman–Crippen LogP) is 2.18. The Hall–Kier alpha value is -2.21. The van der Waals surface area contributed by atoms with Gasteiger partial charge in [0, 0.05) is 5.02 Å². The van der Waals surface area contributed by atoms with Gasteiger partial charge in [0.1, 0.15) is 12.0 Å². The van der Waals surface area contributed by atoms with Crippen LogP contribution in [0.3, 0.4) is 0 Å². The van der Waals surface area contributed by atoms with Crippen molar-refractivity contribution in [1.29, 1.82) is 0 Å². The Balaban J connectivity index is 1.95. The van der Waals surface area contributed by atoms with Crippen molar-refractivity contribution in [1.82, 2.24) is 30.0 Å². The molecule has 0 radical (unpaired) electrons. The van der Waals surface area contributed by atoms with Crippen LogP contribution in [0.25, 0.3) is 5.69 Å². The molecule has 2 heterocycles. The summed E-state index contributed by atoms with van der Waals surface area (Å²) in [5.74, 6) is 0. The van der Waals surface area contributed by atoms with Gasteiger partial charge in [-0.15, -0.1) is 5.10 Å². The standard InChI is InChI=1S/C13H13ClN6/c1-9-13(20-8-15-17-18-20)10(2)19(16-9)7-11-3-5-12(14)6-4-11/h3-6,8H,7H2,1-2H3. The topological polar surface area (TPSA) is 61.4 Å². The Morgan fingerprint density at radius 1 is 1.15 bits per heavy atom. The van der Waals surface area contributed by atoms with Crippen LogP contribution in [-0.4, -0.2) is 30.0 Å². The third-order valence-electron chi connectivity index (χ3n) is 3.17. The molecule has 0 saturated heterocycles. The smallest absolute Gasteiger partial charge is 0.144 e. The van der Waals surface area contributed by atoms with Gasteiger partial charge in [0.25, 0.3) is 0 Å². The summed E-state index contributed by atoms with van der Waals surface area (Å²) in [5, 5.41) is 16.5. The van der Waals surface area contributed by atoms with Gasteiger partial charge in [0.15, 0.2) is 0 Å². The zero-order valence-corrected chi connectivity index (χ0v) is 11.9. The highest BCUT2D eigenvalue weighted by atomic mass is 35.5. The molecule has 1 aromatic carbocycles. The molecule has 0 spiro atoms. The second kappa shape index (κ2) is 5.05. The van der Waals surface area contributed by atoms with E-state index in [-0.39, 0.29) is 0 Å². The van der Waals surface area contributed by atoms with E-state index in [2.05, 4.69) is 20.6 Å². The van der Waals surface area contributed by atoms with Crippen molar-refractivity contribution in [2.45, 2.75) is 20.4 Å². The van der Waals surface area contributed by atoms with Crippen molar-refractivity contribution < 1.29 is 0 Å². The van der Waals surface area contributed by atoms with Crippen LogP contribution in [0.5, 0.6) is 0 Å². The van der Waals surface area contributed by atoms with Crippen LogP contribution in [0.2, 0.25) is 5.02 Å². The number of rotatable bonds is 3. The molecule has 3 rings (SSSR count).